The third-order valence-electron chi connectivity index (χ3n) is 2.56. The smallest absolute Gasteiger partial charge is 0.270 e. The molecule has 1 amide bonds. The number of nitrogens with one attached hydrogen (secondary N) is 1. The number of ether oxygens (including phenoxy) is 1. The molecule has 0 unspecified atom stereocenters. The van der Waals surface area contributed by atoms with E-state index in [1.54, 1.807) is 6.07 Å². The zero-order valence-electron chi connectivity index (χ0n) is 11.0. The van der Waals surface area contributed by atoms with Crippen LogP contribution in [0.3, 0.4) is 0 Å². The summed E-state index contributed by atoms with van der Waals surface area (Å²) < 4.78 is 5.23. The Hall–Kier alpha value is -2.14. The zero-order chi connectivity index (χ0) is 14.4. The standard InChI is InChI=1S/C14H14ClN3O2/c1-2-20-13-7-12(17-9-18-13)14(19)16-8-10-5-3-4-6-11(10)15/h3-7,9H,2,8H2,1H3,(H,16,19). The van der Waals surface area contributed by atoms with Gasteiger partial charge < -0.3 is 10.1 Å². The Morgan fingerprint density at radius 3 is 2.90 bits per heavy atom. The molecule has 1 N–H and O–H groups in total. The van der Waals surface area contributed by atoms with Crippen LogP contribution in [-0.4, -0.2) is 22.5 Å². The third kappa shape index (κ3) is 3.68. The summed E-state index contributed by atoms with van der Waals surface area (Å²) in [7, 11) is 0. The van der Waals surface area contributed by atoms with Crippen molar-refractivity contribution in [3.63, 3.8) is 0 Å². The Balaban J connectivity index is 2.01. The minimum atomic E-state index is -0.298. The van der Waals surface area contributed by atoms with E-state index in [-0.39, 0.29) is 11.6 Å². The second kappa shape index (κ2) is 6.86. The number of hydrogen-bond donors (Lipinski definition) is 1. The van der Waals surface area contributed by atoms with Crippen LogP contribution in [0.15, 0.2) is 36.7 Å². The highest BCUT2D eigenvalue weighted by molar-refractivity contribution is 6.31. The van der Waals surface area contributed by atoms with E-state index in [1.165, 1.54) is 12.4 Å². The van der Waals surface area contributed by atoms with Gasteiger partial charge in [0.25, 0.3) is 5.91 Å². The number of carbonyl (C=O) groups excluding carboxylic acids is 1. The summed E-state index contributed by atoms with van der Waals surface area (Å²) in [5.41, 5.74) is 1.11. The predicted octanol–water partition coefficient (Wildman–Crippen LogP) is 2.46. The van der Waals surface area contributed by atoms with Crippen LogP contribution in [0.2, 0.25) is 5.02 Å². The molecule has 0 aliphatic rings. The number of benzene rings is 1. The van der Waals surface area contributed by atoms with Crippen molar-refractivity contribution in [1.82, 2.24) is 15.3 Å². The third-order valence-corrected chi connectivity index (χ3v) is 2.93. The van der Waals surface area contributed by atoms with E-state index < -0.39 is 0 Å². The average molecular weight is 292 g/mol. The monoisotopic (exact) mass is 291 g/mol. The highest BCUT2D eigenvalue weighted by Gasteiger charge is 2.09. The second-order valence-corrected chi connectivity index (χ2v) is 4.36. The summed E-state index contributed by atoms with van der Waals surface area (Å²) >= 11 is 6.02. The van der Waals surface area contributed by atoms with E-state index >= 15 is 0 Å². The lowest BCUT2D eigenvalue weighted by Crippen LogP contribution is -2.24. The lowest BCUT2D eigenvalue weighted by Gasteiger charge is -2.07. The first kappa shape index (κ1) is 14.3. The molecule has 2 aromatic rings. The summed E-state index contributed by atoms with van der Waals surface area (Å²) in [6.45, 7) is 2.67. The summed E-state index contributed by atoms with van der Waals surface area (Å²) in [6, 6.07) is 8.85. The maximum absolute atomic E-state index is 12.0. The Morgan fingerprint density at radius 1 is 1.35 bits per heavy atom. The van der Waals surface area contributed by atoms with Crippen molar-refractivity contribution in [3.05, 3.63) is 52.9 Å². The van der Waals surface area contributed by atoms with Crippen LogP contribution in [0.5, 0.6) is 5.88 Å². The largest absolute Gasteiger partial charge is 0.478 e. The molecule has 6 heteroatoms. The van der Waals surface area contributed by atoms with Gasteiger partial charge in [-0.3, -0.25) is 4.79 Å². The van der Waals surface area contributed by atoms with Gasteiger partial charge in [0.05, 0.1) is 6.61 Å². The van der Waals surface area contributed by atoms with Crippen LogP contribution in [0.25, 0.3) is 0 Å². The average Bonchev–Trinajstić information content (AvgIpc) is 2.47. The number of carbonyl (C=O) groups is 1. The zero-order valence-corrected chi connectivity index (χ0v) is 11.7. The molecule has 0 saturated carbocycles. The SMILES string of the molecule is CCOc1cc(C(=O)NCc2ccccc2Cl)ncn1. The summed E-state index contributed by atoms with van der Waals surface area (Å²) in [5, 5.41) is 3.37. The van der Waals surface area contributed by atoms with Gasteiger partial charge in [-0.25, -0.2) is 9.97 Å². The number of aromatic nitrogens is 2. The molecule has 0 atom stereocenters. The number of rotatable bonds is 5. The van der Waals surface area contributed by atoms with Gasteiger partial charge in [-0.15, -0.1) is 0 Å². The minimum Gasteiger partial charge on any atom is -0.478 e. The van der Waals surface area contributed by atoms with Crippen molar-refractivity contribution in [2.45, 2.75) is 13.5 Å². The molecule has 2 rings (SSSR count). The highest BCUT2D eigenvalue weighted by atomic mass is 35.5. The van der Waals surface area contributed by atoms with Gasteiger partial charge in [-0.1, -0.05) is 29.8 Å². The van der Waals surface area contributed by atoms with Crippen molar-refractivity contribution in [1.29, 1.82) is 0 Å². The van der Waals surface area contributed by atoms with Gasteiger partial charge in [0.1, 0.15) is 12.0 Å². The van der Waals surface area contributed by atoms with Crippen LogP contribution >= 0.6 is 11.6 Å². The van der Waals surface area contributed by atoms with E-state index in [9.17, 15) is 4.79 Å². The van der Waals surface area contributed by atoms with Crippen molar-refractivity contribution >= 4 is 17.5 Å². The van der Waals surface area contributed by atoms with Crippen LogP contribution < -0.4 is 10.1 Å². The van der Waals surface area contributed by atoms with Crippen molar-refractivity contribution in [2.24, 2.45) is 0 Å². The Kier molecular flexibility index (Phi) is 4.90. The van der Waals surface area contributed by atoms with E-state index in [1.807, 2.05) is 25.1 Å². The molecule has 0 aliphatic carbocycles. The van der Waals surface area contributed by atoms with Gasteiger partial charge in [0.15, 0.2) is 0 Å². The first-order valence-electron chi connectivity index (χ1n) is 6.17. The van der Waals surface area contributed by atoms with Gasteiger partial charge in [-0.2, -0.15) is 0 Å². The van der Waals surface area contributed by atoms with Crippen LogP contribution in [-0.2, 0) is 6.54 Å². The van der Waals surface area contributed by atoms with Gasteiger partial charge in [0, 0.05) is 17.6 Å². The molecule has 0 fully saturated rings. The van der Waals surface area contributed by atoms with E-state index in [0.29, 0.717) is 24.1 Å². The van der Waals surface area contributed by atoms with Gasteiger partial charge >= 0.3 is 0 Å². The molecular formula is C14H14ClN3O2. The Bertz CT molecular complexity index is 604. The minimum absolute atomic E-state index is 0.260. The van der Waals surface area contributed by atoms with E-state index in [4.69, 9.17) is 16.3 Å². The second-order valence-electron chi connectivity index (χ2n) is 3.95. The molecular weight excluding hydrogens is 278 g/mol. The Labute approximate surface area is 122 Å². The fourth-order valence-electron chi connectivity index (χ4n) is 1.60. The molecule has 1 aromatic heterocycles. The molecule has 0 aliphatic heterocycles. The molecule has 104 valence electrons. The highest BCUT2D eigenvalue weighted by Crippen LogP contribution is 2.14. The number of amides is 1. The summed E-state index contributed by atoms with van der Waals surface area (Å²) in [5.74, 6) is 0.0821. The van der Waals surface area contributed by atoms with E-state index in [0.717, 1.165) is 5.56 Å². The van der Waals surface area contributed by atoms with Crippen LogP contribution in [0.4, 0.5) is 0 Å². The molecule has 0 radical (unpaired) electrons. The molecule has 5 nitrogen and oxygen atoms in total. The molecule has 1 heterocycles. The van der Waals surface area contributed by atoms with Crippen molar-refractivity contribution in [3.8, 4) is 5.88 Å². The first-order valence-corrected chi connectivity index (χ1v) is 6.55. The maximum atomic E-state index is 12.0. The predicted molar refractivity (Wildman–Crippen MR) is 75.8 cm³/mol. The lowest BCUT2D eigenvalue weighted by atomic mass is 10.2. The number of nitrogens with zero attached hydrogens (tertiary/aromatic N) is 2. The molecule has 0 spiro atoms. The quantitative estimate of drug-likeness (QED) is 0.919. The van der Waals surface area contributed by atoms with Crippen molar-refractivity contribution in [2.75, 3.05) is 6.61 Å². The van der Waals surface area contributed by atoms with Gasteiger partial charge in [0.2, 0.25) is 5.88 Å². The fourth-order valence-corrected chi connectivity index (χ4v) is 1.80. The Morgan fingerprint density at radius 2 is 2.15 bits per heavy atom. The first-order chi connectivity index (χ1) is 9.70. The summed E-state index contributed by atoms with van der Waals surface area (Å²) in [4.78, 5) is 19.8. The molecule has 20 heavy (non-hydrogen) atoms. The topological polar surface area (TPSA) is 64.1 Å². The van der Waals surface area contributed by atoms with Crippen LogP contribution in [0.1, 0.15) is 23.0 Å². The van der Waals surface area contributed by atoms with Gasteiger partial charge in [-0.05, 0) is 18.6 Å². The lowest BCUT2D eigenvalue weighted by molar-refractivity contribution is 0.0945. The molecule has 0 bridgehead atoms. The molecule has 1 aromatic carbocycles. The van der Waals surface area contributed by atoms with E-state index in [2.05, 4.69) is 15.3 Å². The normalized spacial score (nSPS) is 10.1. The fraction of sp³-hybridized carbons (Fsp3) is 0.214. The number of hydrogen-bond acceptors (Lipinski definition) is 4. The van der Waals surface area contributed by atoms with Crippen LogP contribution in [0, 0.1) is 0 Å². The molecule has 0 saturated heterocycles. The number of halogens is 1. The van der Waals surface area contributed by atoms with Crippen molar-refractivity contribution < 1.29 is 9.53 Å². The maximum Gasteiger partial charge on any atom is 0.270 e. The summed E-state index contributed by atoms with van der Waals surface area (Å²) in [6.07, 6.45) is 1.30.